The van der Waals surface area contributed by atoms with Crippen LogP contribution < -0.4 is 0 Å². The second-order valence-corrected chi connectivity index (χ2v) is 1.93. The lowest BCUT2D eigenvalue weighted by Gasteiger charge is -1.94. The van der Waals surface area contributed by atoms with Crippen molar-refractivity contribution in [1.29, 1.82) is 5.26 Å². The van der Waals surface area contributed by atoms with Gasteiger partial charge >= 0.3 is 0 Å². The van der Waals surface area contributed by atoms with Crippen LogP contribution in [-0.4, -0.2) is 10.1 Å². The Morgan fingerprint density at radius 1 is 1.60 bits per heavy atom. The number of aromatic nitrogens is 1. The number of nitrogens with zero attached hydrogens (tertiary/aromatic N) is 2. The van der Waals surface area contributed by atoms with Crippen molar-refractivity contribution in [2.75, 3.05) is 0 Å². The van der Waals surface area contributed by atoms with E-state index in [1.54, 1.807) is 19.1 Å². The summed E-state index contributed by atoms with van der Waals surface area (Å²) < 4.78 is 0. The van der Waals surface area contributed by atoms with Crippen LogP contribution in [0.4, 0.5) is 0 Å². The smallest absolute Gasteiger partial charge is 0.182 e. The second-order valence-electron chi connectivity index (χ2n) is 1.93. The van der Waals surface area contributed by atoms with Crippen LogP contribution in [0.2, 0.25) is 0 Å². The molecule has 1 N–H and O–H groups in total. The summed E-state index contributed by atoms with van der Waals surface area (Å²) in [7, 11) is 0. The summed E-state index contributed by atoms with van der Waals surface area (Å²) in [5, 5.41) is 17.3. The van der Waals surface area contributed by atoms with E-state index in [2.05, 4.69) is 4.98 Å². The third-order valence-corrected chi connectivity index (χ3v) is 1.12. The van der Waals surface area contributed by atoms with Crippen LogP contribution in [0, 0.1) is 18.3 Å². The maximum atomic E-state index is 8.95. The number of aryl methyl sites for hydroxylation is 1. The Labute approximate surface area is 58.6 Å². The zero-order valence-electron chi connectivity index (χ0n) is 5.50. The number of hydrogen-bond acceptors (Lipinski definition) is 3. The Hall–Kier alpha value is -1.56. The molecule has 1 aromatic heterocycles. The quantitative estimate of drug-likeness (QED) is 0.575. The summed E-state index contributed by atoms with van der Waals surface area (Å²) in [5.41, 5.74) is 0.814. The van der Waals surface area contributed by atoms with Crippen molar-refractivity contribution < 1.29 is 5.11 Å². The summed E-state index contributed by atoms with van der Waals surface area (Å²) in [6.45, 7) is 1.76. The molecule has 50 valence electrons. The molecule has 0 atom stereocenters. The Kier molecular flexibility index (Phi) is 1.55. The lowest BCUT2D eigenvalue weighted by Crippen LogP contribution is -1.85. The second kappa shape index (κ2) is 2.36. The molecular weight excluding hydrogens is 128 g/mol. The number of rotatable bonds is 0. The first-order valence-electron chi connectivity index (χ1n) is 2.81. The zero-order valence-corrected chi connectivity index (χ0v) is 5.50. The molecule has 1 aromatic rings. The van der Waals surface area contributed by atoms with Gasteiger partial charge < -0.3 is 5.11 Å². The molecule has 1 heterocycles. The van der Waals surface area contributed by atoms with Gasteiger partial charge in [-0.3, -0.25) is 0 Å². The molecule has 0 radical (unpaired) electrons. The van der Waals surface area contributed by atoms with Crippen molar-refractivity contribution in [2.45, 2.75) is 6.92 Å². The third-order valence-electron chi connectivity index (χ3n) is 1.12. The number of aromatic hydroxyl groups is 1. The number of hydrogen-bond donors (Lipinski definition) is 1. The van der Waals surface area contributed by atoms with Crippen LogP contribution in [0.25, 0.3) is 0 Å². The van der Waals surface area contributed by atoms with Crippen LogP contribution in [-0.2, 0) is 0 Å². The first-order chi connectivity index (χ1) is 4.74. The molecule has 0 aliphatic heterocycles. The van der Waals surface area contributed by atoms with Crippen LogP contribution >= 0.6 is 0 Å². The summed E-state index contributed by atoms with van der Waals surface area (Å²) in [4.78, 5) is 3.78. The highest BCUT2D eigenvalue weighted by atomic mass is 16.3. The van der Waals surface area contributed by atoms with Crippen molar-refractivity contribution in [3.05, 3.63) is 23.5 Å². The van der Waals surface area contributed by atoms with E-state index in [0.29, 0.717) is 0 Å². The van der Waals surface area contributed by atoms with Crippen LogP contribution in [0.15, 0.2) is 12.1 Å². The van der Waals surface area contributed by atoms with E-state index in [0.717, 1.165) is 5.69 Å². The van der Waals surface area contributed by atoms with E-state index in [1.807, 2.05) is 0 Å². The topological polar surface area (TPSA) is 56.9 Å². The Morgan fingerprint density at radius 2 is 2.30 bits per heavy atom. The van der Waals surface area contributed by atoms with Crippen molar-refractivity contribution in [3.63, 3.8) is 0 Å². The fraction of sp³-hybridized carbons (Fsp3) is 0.143. The average molecular weight is 134 g/mol. The zero-order chi connectivity index (χ0) is 7.56. The van der Waals surface area contributed by atoms with E-state index < -0.39 is 0 Å². The average Bonchev–Trinajstić information content (AvgIpc) is 1.94. The van der Waals surface area contributed by atoms with Crippen molar-refractivity contribution >= 4 is 0 Å². The summed E-state index contributed by atoms with van der Waals surface area (Å²) in [5.74, 6) is -0.0619. The van der Waals surface area contributed by atoms with Gasteiger partial charge in [0.25, 0.3) is 0 Å². The fourth-order valence-corrected chi connectivity index (χ4v) is 0.632. The maximum absolute atomic E-state index is 8.95. The molecular formula is C7H6N2O. The molecule has 3 heteroatoms. The highest BCUT2D eigenvalue weighted by Gasteiger charge is 1.98. The monoisotopic (exact) mass is 134 g/mol. The van der Waals surface area contributed by atoms with E-state index in [-0.39, 0.29) is 11.4 Å². The highest BCUT2D eigenvalue weighted by Crippen LogP contribution is 2.12. The van der Waals surface area contributed by atoms with Gasteiger partial charge in [0, 0.05) is 5.69 Å². The number of nitriles is 1. The third kappa shape index (κ3) is 1.06. The lowest BCUT2D eigenvalue weighted by molar-refractivity contribution is 0.470. The van der Waals surface area contributed by atoms with Gasteiger partial charge in [0.1, 0.15) is 6.07 Å². The predicted octanol–water partition coefficient (Wildman–Crippen LogP) is 0.967. The van der Waals surface area contributed by atoms with E-state index >= 15 is 0 Å². The minimum absolute atomic E-state index is 0.0619. The standard InChI is InChI=1S/C7H6N2O/c1-5-2-3-7(10)6(4-8)9-5/h2-3,10H,1H3. The van der Waals surface area contributed by atoms with Gasteiger partial charge in [0.2, 0.25) is 0 Å². The Morgan fingerprint density at radius 3 is 2.80 bits per heavy atom. The molecule has 0 aliphatic carbocycles. The molecule has 0 amide bonds. The first-order valence-corrected chi connectivity index (χ1v) is 2.81. The van der Waals surface area contributed by atoms with E-state index in [4.69, 9.17) is 10.4 Å². The van der Waals surface area contributed by atoms with Crippen LogP contribution in [0.3, 0.4) is 0 Å². The summed E-state index contributed by atoms with van der Waals surface area (Å²) >= 11 is 0. The molecule has 0 bridgehead atoms. The van der Waals surface area contributed by atoms with Gasteiger partial charge in [-0.15, -0.1) is 0 Å². The van der Waals surface area contributed by atoms with Crippen LogP contribution in [0.5, 0.6) is 5.75 Å². The van der Waals surface area contributed by atoms with Crippen LogP contribution in [0.1, 0.15) is 11.4 Å². The van der Waals surface area contributed by atoms with Gasteiger partial charge in [-0.25, -0.2) is 4.98 Å². The lowest BCUT2D eigenvalue weighted by atomic mass is 10.3. The minimum Gasteiger partial charge on any atom is -0.505 e. The van der Waals surface area contributed by atoms with E-state index in [1.165, 1.54) is 6.07 Å². The molecule has 3 nitrogen and oxygen atoms in total. The molecule has 0 aromatic carbocycles. The molecule has 0 unspecified atom stereocenters. The van der Waals surface area contributed by atoms with Gasteiger partial charge in [0.15, 0.2) is 11.4 Å². The largest absolute Gasteiger partial charge is 0.505 e. The molecule has 10 heavy (non-hydrogen) atoms. The minimum atomic E-state index is -0.0619. The molecule has 0 fully saturated rings. The van der Waals surface area contributed by atoms with Gasteiger partial charge in [-0.2, -0.15) is 5.26 Å². The summed E-state index contributed by atoms with van der Waals surface area (Å²) in [6, 6.07) is 4.88. The van der Waals surface area contributed by atoms with Gasteiger partial charge in [-0.05, 0) is 19.1 Å². The van der Waals surface area contributed by atoms with Gasteiger partial charge in [0.05, 0.1) is 0 Å². The van der Waals surface area contributed by atoms with Crippen molar-refractivity contribution in [2.24, 2.45) is 0 Å². The number of pyridine rings is 1. The highest BCUT2D eigenvalue weighted by molar-refractivity contribution is 5.36. The fourth-order valence-electron chi connectivity index (χ4n) is 0.632. The Bertz CT molecular complexity index is 288. The predicted molar refractivity (Wildman–Crippen MR) is 35.4 cm³/mol. The molecule has 0 saturated heterocycles. The van der Waals surface area contributed by atoms with E-state index in [9.17, 15) is 0 Å². The van der Waals surface area contributed by atoms with Crippen molar-refractivity contribution in [1.82, 2.24) is 4.98 Å². The normalized spacial score (nSPS) is 8.80. The Balaban J connectivity index is 3.25. The van der Waals surface area contributed by atoms with Crippen molar-refractivity contribution in [3.8, 4) is 11.8 Å². The molecule has 0 spiro atoms. The molecule has 0 aliphatic rings. The first kappa shape index (κ1) is 6.56. The molecule has 1 rings (SSSR count). The maximum Gasteiger partial charge on any atom is 0.182 e. The summed E-state index contributed by atoms with van der Waals surface area (Å²) in [6.07, 6.45) is 0. The van der Waals surface area contributed by atoms with Gasteiger partial charge in [-0.1, -0.05) is 0 Å². The SMILES string of the molecule is Cc1ccc(O)c(C#N)n1. The molecule has 0 saturated carbocycles.